The average molecular weight is 238 g/mol. The molecule has 0 aromatic carbocycles. The van der Waals surface area contributed by atoms with E-state index >= 15 is 0 Å². The van der Waals surface area contributed by atoms with Crippen molar-refractivity contribution in [2.45, 2.75) is 64.1 Å². The lowest BCUT2D eigenvalue weighted by Gasteiger charge is -2.40. The maximum absolute atomic E-state index is 5.81. The number of rotatable bonds is 1. The summed E-state index contributed by atoms with van der Waals surface area (Å²) in [4.78, 5) is 0. The molecule has 0 aromatic rings. The second-order valence-corrected chi connectivity index (χ2v) is 6.46. The predicted octanol–water partition coefficient (Wildman–Crippen LogP) is 3.75. The molecule has 0 amide bonds. The van der Waals surface area contributed by atoms with Crippen LogP contribution in [0, 0.1) is 17.8 Å². The molecule has 2 aliphatic carbocycles. The molecule has 0 radical (unpaired) electrons. The maximum Gasteiger partial charge on any atom is 0.168 e. The van der Waals surface area contributed by atoms with E-state index < -0.39 is 0 Å². The van der Waals surface area contributed by atoms with E-state index in [1.54, 1.807) is 0 Å². The van der Waals surface area contributed by atoms with Crippen LogP contribution >= 0.6 is 0 Å². The van der Waals surface area contributed by atoms with Gasteiger partial charge in [0.1, 0.15) is 0 Å². The van der Waals surface area contributed by atoms with Crippen LogP contribution in [0.15, 0.2) is 0 Å². The normalized spacial score (nSPS) is 38.6. The predicted molar refractivity (Wildman–Crippen MR) is 67.7 cm³/mol. The monoisotopic (exact) mass is 238 g/mol. The molecule has 3 aliphatic rings. The third-order valence-corrected chi connectivity index (χ3v) is 5.33. The van der Waals surface area contributed by atoms with Gasteiger partial charge in [0.15, 0.2) is 5.79 Å². The van der Waals surface area contributed by atoms with E-state index in [-0.39, 0.29) is 5.79 Å². The van der Waals surface area contributed by atoms with Crippen molar-refractivity contribution < 1.29 is 9.47 Å². The first-order valence-corrected chi connectivity index (χ1v) is 7.55. The van der Waals surface area contributed by atoms with Crippen molar-refractivity contribution >= 4 is 0 Å². The molecule has 0 atom stereocenters. The van der Waals surface area contributed by atoms with Crippen LogP contribution in [-0.2, 0) is 9.47 Å². The lowest BCUT2D eigenvalue weighted by molar-refractivity contribution is -0.185. The fourth-order valence-corrected chi connectivity index (χ4v) is 4.09. The van der Waals surface area contributed by atoms with Crippen LogP contribution < -0.4 is 0 Å². The Morgan fingerprint density at radius 1 is 0.765 bits per heavy atom. The van der Waals surface area contributed by atoms with Gasteiger partial charge in [0.05, 0.1) is 13.2 Å². The van der Waals surface area contributed by atoms with Gasteiger partial charge in [0.25, 0.3) is 0 Å². The first-order valence-electron chi connectivity index (χ1n) is 7.55. The highest BCUT2D eigenvalue weighted by Crippen LogP contribution is 2.44. The van der Waals surface area contributed by atoms with Crippen molar-refractivity contribution in [3.8, 4) is 0 Å². The van der Waals surface area contributed by atoms with Gasteiger partial charge in [-0.05, 0) is 43.4 Å². The lowest BCUT2D eigenvalue weighted by atomic mass is 9.70. The van der Waals surface area contributed by atoms with Gasteiger partial charge in [-0.25, -0.2) is 0 Å². The molecule has 1 saturated heterocycles. The molecule has 3 fully saturated rings. The van der Waals surface area contributed by atoms with Crippen molar-refractivity contribution in [1.82, 2.24) is 0 Å². The Hall–Kier alpha value is -0.0800. The van der Waals surface area contributed by atoms with Crippen LogP contribution in [0.5, 0.6) is 0 Å². The van der Waals surface area contributed by atoms with Crippen molar-refractivity contribution in [2.75, 3.05) is 13.2 Å². The van der Waals surface area contributed by atoms with E-state index in [0.29, 0.717) is 0 Å². The molecule has 2 heteroatoms. The maximum atomic E-state index is 5.81. The largest absolute Gasteiger partial charge is 0.348 e. The van der Waals surface area contributed by atoms with Crippen molar-refractivity contribution in [3.63, 3.8) is 0 Å². The van der Waals surface area contributed by atoms with Crippen molar-refractivity contribution in [3.05, 3.63) is 0 Å². The zero-order valence-corrected chi connectivity index (χ0v) is 11.1. The molecular weight excluding hydrogens is 212 g/mol. The summed E-state index contributed by atoms with van der Waals surface area (Å²) in [5.41, 5.74) is 0. The van der Waals surface area contributed by atoms with Gasteiger partial charge < -0.3 is 9.47 Å². The standard InChI is InChI=1S/C15H26O2/c1-12-2-4-13(5-3-12)14-6-8-15(9-7-14)16-10-11-17-15/h12-14H,2-11H2,1H3. The molecule has 0 aromatic heterocycles. The van der Waals surface area contributed by atoms with Crippen molar-refractivity contribution in [2.24, 2.45) is 17.8 Å². The molecule has 2 nitrogen and oxygen atoms in total. The van der Waals surface area contributed by atoms with Crippen LogP contribution in [0.3, 0.4) is 0 Å². The Kier molecular flexibility index (Phi) is 3.45. The van der Waals surface area contributed by atoms with Gasteiger partial charge in [-0.15, -0.1) is 0 Å². The van der Waals surface area contributed by atoms with Gasteiger partial charge in [-0.1, -0.05) is 19.8 Å². The zero-order chi connectivity index (χ0) is 11.7. The number of hydrogen-bond donors (Lipinski definition) is 0. The van der Waals surface area contributed by atoms with Gasteiger partial charge >= 0.3 is 0 Å². The summed E-state index contributed by atoms with van der Waals surface area (Å²) in [6, 6.07) is 0. The van der Waals surface area contributed by atoms with Gasteiger partial charge in [-0.3, -0.25) is 0 Å². The summed E-state index contributed by atoms with van der Waals surface area (Å²) >= 11 is 0. The summed E-state index contributed by atoms with van der Waals surface area (Å²) in [6.45, 7) is 4.03. The lowest BCUT2D eigenvalue weighted by Crippen LogP contribution is -2.37. The molecule has 17 heavy (non-hydrogen) atoms. The van der Waals surface area contributed by atoms with E-state index in [1.807, 2.05) is 0 Å². The number of ether oxygens (including phenoxy) is 2. The number of hydrogen-bond acceptors (Lipinski definition) is 2. The molecule has 0 N–H and O–H groups in total. The quantitative estimate of drug-likeness (QED) is 0.692. The first kappa shape index (κ1) is 12.0. The van der Waals surface area contributed by atoms with E-state index in [2.05, 4.69) is 6.92 Å². The second-order valence-electron chi connectivity index (χ2n) is 6.46. The minimum absolute atomic E-state index is 0.154. The SMILES string of the molecule is CC1CCC(C2CCC3(CC2)OCCO3)CC1. The topological polar surface area (TPSA) is 18.5 Å². The summed E-state index contributed by atoms with van der Waals surface area (Å²) in [7, 11) is 0. The molecule has 1 spiro atoms. The Morgan fingerprint density at radius 2 is 1.29 bits per heavy atom. The molecule has 3 rings (SSSR count). The fourth-order valence-electron chi connectivity index (χ4n) is 4.09. The third kappa shape index (κ3) is 2.53. The smallest absolute Gasteiger partial charge is 0.168 e. The van der Waals surface area contributed by atoms with Crippen LogP contribution in [0.4, 0.5) is 0 Å². The molecule has 98 valence electrons. The van der Waals surface area contributed by atoms with E-state index in [0.717, 1.165) is 43.8 Å². The zero-order valence-electron chi connectivity index (χ0n) is 11.1. The molecule has 2 saturated carbocycles. The Morgan fingerprint density at radius 3 is 1.88 bits per heavy atom. The molecule has 0 bridgehead atoms. The second kappa shape index (κ2) is 4.89. The Bertz CT molecular complexity index is 240. The highest BCUT2D eigenvalue weighted by Gasteiger charge is 2.42. The van der Waals surface area contributed by atoms with E-state index in [1.165, 1.54) is 38.5 Å². The Balaban J connectivity index is 1.51. The van der Waals surface area contributed by atoms with Crippen molar-refractivity contribution in [1.29, 1.82) is 0 Å². The summed E-state index contributed by atoms with van der Waals surface area (Å²) in [5, 5.41) is 0. The van der Waals surface area contributed by atoms with E-state index in [4.69, 9.17) is 9.47 Å². The minimum atomic E-state index is -0.154. The highest BCUT2D eigenvalue weighted by molar-refractivity contribution is 4.86. The van der Waals surface area contributed by atoms with Gasteiger partial charge in [0.2, 0.25) is 0 Å². The van der Waals surface area contributed by atoms with Crippen LogP contribution in [0.2, 0.25) is 0 Å². The summed E-state index contributed by atoms with van der Waals surface area (Å²) < 4.78 is 11.6. The molecule has 1 heterocycles. The Labute approximate surface area is 105 Å². The van der Waals surface area contributed by atoms with Crippen LogP contribution in [0.1, 0.15) is 58.3 Å². The molecular formula is C15H26O2. The minimum Gasteiger partial charge on any atom is -0.348 e. The average Bonchev–Trinajstić information content (AvgIpc) is 2.80. The molecule has 1 aliphatic heterocycles. The fraction of sp³-hybridized carbons (Fsp3) is 1.00. The van der Waals surface area contributed by atoms with Crippen LogP contribution in [-0.4, -0.2) is 19.0 Å². The third-order valence-electron chi connectivity index (χ3n) is 5.33. The van der Waals surface area contributed by atoms with Crippen LogP contribution in [0.25, 0.3) is 0 Å². The highest BCUT2D eigenvalue weighted by atomic mass is 16.7. The first-order chi connectivity index (χ1) is 8.27. The summed E-state index contributed by atoms with van der Waals surface area (Å²) in [5.74, 6) is 2.78. The van der Waals surface area contributed by atoms with Gasteiger partial charge in [0, 0.05) is 12.8 Å². The molecule has 0 unspecified atom stereocenters. The van der Waals surface area contributed by atoms with E-state index in [9.17, 15) is 0 Å². The van der Waals surface area contributed by atoms with Gasteiger partial charge in [-0.2, -0.15) is 0 Å². The summed E-state index contributed by atoms with van der Waals surface area (Å²) in [6.07, 6.45) is 10.8.